The van der Waals surface area contributed by atoms with Gasteiger partial charge >= 0.3 is 11.9 Å². The number of carbonyl (C=O) groups excluding carboxylic acids is 2. The van der Waals surface area contributed by atoms with Crippen LogP contribution in [0.4, 0.5) is 0 Å². The van der Waals surface area contributed by atoms with Crippen LogP contribution in [0.1, 0.15) is 49.1 Å². The number of nitrogens with one attached hydrogen (secondary N) is 1. The fourth-order valence-electron chi connectivity index (χ4n) is 2.93. The average Bonchev–Trinajstić information content (AvgIpc) is 2.63. The van der Waals surface area contributed by atoms with Crippen LogP contribution in [0.25, 0.3) is 0 Å². The number of esters is 2. The molecule has 0 aliphatic heterocycles. The molecule has 162 valence electrons. The van der Waals surface area contributed by atoms with Crippen molar-refractivity contribution in [2.75, 3.05) is 13.1 Å². The molecule has 0 fully saturated rings. The molecule has 0 heterocycles. The van der Waals surface area contributed by atoms with E-state index in [0.717, 1.165) is 16.7 Å². The molecule has 0 aromatic heterocycles. The maximum Gasteiger partial charge on any atom is 0.320 e. The highest BCUT2D eigenvalue weighted by Gasteiger charge is 2.16. The van der Waals surface area contributed by atoms with Crippen LogP contribution in [0.5, 0.6) is 5.75 Å². The van der Waals surface area contributed by atoms with E-state index in [-0.39, 0.29) is 31.4 Å². The Balaban J connectivity index is 1.82. The molecule has 1 unspecified atom stereocenters. The van der Waals surface area contributed by atoms with Crippen LogP contribution < -0.4 is 10.1 Å². The van der Waals surface area contributed by atoms with Crippen molar-refractivity contribution < 1.29 is 24.2 Å². The molecule has 30 heavy (non-hydrogen) atoms. The summed E-state index contributed by atoms with van der Waals surface area (Å²) >= 11 is 0. The van der Waals surface area contributed by atoms with E-state index < -0.39 is 11.7 Å². The Morgan fingerprint density at radius 1 is 1.03 bits per heavy atom. The Bertz CT molecular complexity index is 868. The smallest absolute Gasteiger partial charge is 0.320 e. The SMILES string of the molecule is Cc1ccc(CC(=O)Oc2ccc(C(O)CNCC(=O)OC(C)(C)C)cc2)c(C)c1. The molecule has 0 aliphatic rings. The van der Waals surface area contributed by atoms with Gasteiger partial charge in [-0.05, 0) is 63.4 Å². The summed E-state index contributed by atoms with van der Waals surface area (Å²) in [6.45, 7) is 9.61. The molecule has 2 aromatic carbocycles. The van der Waals surface area contributed by atoms with E-state index in [1.165, 1.54) is 0 Å². The van der Waals surface area contributed by atoms with Crippen LogP contribution >= 0.6 is 0 Å². The first-order chi connectivity index (χ1) is 14.0. The first kappa shape index (κ1) is 23.6. The summed E-state index contributed by atoms with van der Waals surface area (Å²) in [5.41, 5.74) is 3.27. The lowest BCUT2D eigenvalue weighted by molar-refractivity contribution is -0.153. The first-order valence-electron chi connectivity index (χ1n) is 10.0. The highest BCUT2D eigenvalue weighted by molar-refractivity contribution is 5.75. The molecule has 0 aliphatic carbocycles. The van der Waals surface area contributed by atoms with E-state index in [0.29, 0.717) is 11.3 Å². The summed E-state index contributed by atoms with van der Waals surface area (Å²) < 4.78 is 10.6. The Kier molecular flexibility index (Phi) is 8.15. The van der Waals surface area contributed by atoms with Gasteiger partial charge in [0.2, 0.25) is 0 Å². The van der Waals surface area contributed by atoms with Crippen molar-refractivity contribution in [2.45, 2.75) is 52.7 Å². The third kappa shape index (κ3) is 7.97. The Morgan fingerprint density at radius 3 is 2.30 bits per heavy atom. The van der Waals surface area contributed by atoms with Crippen LogP contribution in [0.3, 0.4) is 0 Å². The number of carbonyl (C=O) groups is 2. The maximum atomic E-state index is 12.2. The fraction of sp³-hybridized carbons (Fsp3) is 0.417. The Labute approximate surface area is 178 Å². The number of aryl methyl sites for hydroxylation is 2. The van der Waals surface area contributed by atoms with Crippen molar-refractivity contribution in [2.24, 2.45) is 0 Å². The Hall–Kier alpha value is -2.70. The van der Waals surface area contributed by atoms with Gasteiger partial charge in [0, 0.05) is 6.54 Å². The number of aliphatic hydroxyl groups excluding tert-OH is 1. The van der Waals surface area contributed by atoms with Crippen LogP contribution in [0.2, 0.25) is 0 Å². The molecule has 0 bridgehead atoms. The van der Waals surface area contributed by atoms with Crippen LogP contribution in [0.15, 0.2) is 42.5 Å². The van der Waals surface area contributed by atoms with Gasteiger partial charge in [-0.3, -0.25) is 9.59 Å². The number of hydrogen-bond donors (Lipinski definition) is 2. The molecule has 0 amide bonds. The zero-order valence-electron chi connectivity index (χ0n) is 18.3. The molecular formula is C24H31NO5. The van der Waals surface area contributed by atoms with Gasteiger partial charge in [0.1, 0.15) is 11.4 Å². The standard InChI is InChI=1S/C24H31NO5/c1-16-6-7-19(17(2)12-16)13-22(27)29-20-10-8-18(9-11-20)21(26)14-25-15-23(28)30-24(3,4)5/h6-12,21,25-26H,13-15H2,1-5H3. The number of ether oxygens (including phenoxy) is 2. The van der Waals surface area contributed by atoms with Crippen molar-refractivity contribution in [3.63, 3.8) is 0 Å². The molecule has 2 rings (SSSR count). The maximum absolute atomic E-state index is 12.2. The molecule has 0 saturated heterocycles. The zero-order valence-corrected chi connectivity index (χ0v) is 18.3. The second-order valence-corrected chi connectivity index (χ2v) is 8.38. The van der Waals surface area contributed by atoms with E-state index in [2.05, 4.69) is 5.32 Å². The largest absolute Gasteiger partial charge is 0.459 e. The number of aliphatic hydroxyl groups is 1. The molecule has 6 nitrogen and oxygen atoms in total. The van der Waals surface area contributed by atoms with Gasteiger partial charge in [-0.1, -0.05) is 35.9 Å². The number of rotatable bonds is 8. The molecule has 1 atom stereocenters. The predicted molar refractivity (Wildman–Crippen MR) is 115 cm³/mol. The molecule has 0 spiro atoms. The van der Waals surface area contributed by atoms with Crippen molar-refractivity contribution >= 4 is 11.9 Å². The quantitative estimate of drug-likeness (QED) is 0.510. The topological polar surface area (TPSA) is 84.9 Å². The van der Waals surface area contributed by atoms with E-state index >= 15 is 0 Å². The van der Waals surface area contributed by atoms with Crippen LogP contribution in [-0.2, 0) is 20.7 Å². The summed E-state index contributed by atoms with van der Waals surface area (Å²) in [5, 5.41) is 13.1. The molecule has 2 aromatic rings. The van der Waals surface area contributed by atoms with E-state index in [1.807, 2.05) is 32.0 Å². The lowest BCUT2D eigenvalue weighted by Crippen LogP contribution is -2.33. The molecule has 0 saturated carbocycles. The minimum Gasteiger partial charge on any atom is -0.459 e. The van der Waals surface area contributed by atoms with Gasteiger partial charge in [0.15, 0.2) is 0 Å². The number of hydrogen-bond acceptors (Lipinski definition) is 6. The Morgan fingerprint density at radius 2 is 1.70 bits per heavy atom. The van der Waals surface area contributed by atoms with Gasteiger partial charge in [0.25, 0.3) is 0 Å². The van der Waals surface area contributed by atoms with Gasteiger partial charge in [-0.2, -0.15) is 0 Å². The molecule has 6 heteroatoms. The fourth-order valence-corrected chi connectivity index (χ4v) is 2.93. The third-order valence-electron chi connectivity index (χ3n) is 4.36. The summed E-state index contributed by atoms with van der Waals surface area (Å²) in [6, 6.07) is 12.6. The molecular weight excluding hydrogens is 382 g/mol. The lowest BCUT2D eigenvalue weighted by atomic mass is 10.0. The minimum absolute atomic E-state index is 0.0163. The van der Waals surface area contributed by atoms with Crippen molar-refractivity contribution in [1.29, 1.82) is 0 Å². The summed E-state index contributed by atoms with van der Waals surface area (Å²) in [5.74, 6) is -0.294. The van der Waals surface area contributed by atoms with E-state index in [9.17, 15) is 14.7 Å². The van der Waals surface area contributed by atoms with Crippen LogP contribution in [-0.4, -0.2) is 35.7 Å². The summed E-state index contributed by atoms with van der Waals surface area (Å²) in [6.07, 6.45) is -0.599. The van der Waals surface area contributed by atoms with Gasteiger partial charge in [-0.25, -0.2) is 0 Å². The normalized spacial score (nSPS) is 12.3. The van der Waals surface area contributed by atoms with Gasteiger partial charge < -0.3 is 19.9 Å². The van der Waals surface area contributed by atoms with Gasteiger partial charge in [-0.15, -0.1) is 0 Å². The average molecular weight is 414 g/mol. The second kappa shape index (κ2) is 10.4. The highest BCUT2D eigenvalue weighted by atomic mass is 16.6. The monoisotopic (exact) mass is 413 g/mol. The van der Waals surface area contributed by atoms with Crippen molar-refractivity contribution in [1.82, 2.24) is 5.32 Å². The minimum atomic E-state index is -0.799. The summed E-state index contributed by atoms with van der Waals surface area (Å²) in [7, 11) is 0. The lowest BCUT2D eigenvalue weighted by Gasteiger charge is -2.20. The zero-order chi connectivity index (χ0) is 22.3. The molecule has 2 N–H and O–H groups in total. The second-order valence-electron chi connectivity index (χ2n) is 8.38. The third-order valence-corrected chi connectivity index (χ3v) is 4.36. The van der Waals surface area contributed by atoms with Crippen LogP contribution in [0, 0.1) is 13.8 Å². The predicted octanol–water partition coefficient (Wildman–Crippen LogP) is 3.42. The van der Waals surface area contributed by atoms with E-state index in [4.69, 9.17) is 9.47 Å². The van der Waals surface area contributed by atoms with Gasteiger partial charge in [0.05, 0.1) is 19.1 Å². The van der Waals surface area contributed by atoms with Crippen molar-refractivity contribution in [3.05, 3.63) is 64.7 Å². The van der Waals surface area contributed by atoms with E-state index in [1.54, 1.807) is 45.0 Å². The first-order valence-corrected chi connectivity index (χ1v) is 10.0. The highest BCUT2D eigenvalue weighted by Crippen LogP contribution is 2.19. The number of benzene rings is 2. The van der Waals surface area contributed by atoms with Crippen molar-refractivity contribution in [3.8, 4) is 5.75 Å². The summed E-state index contributed by atoms with van der Waals surface area (Å²) in [4.78, 5) is 23.9. The molecule has 0 radical (unpaired) electrons.